The van der Waals surface area contributed by atoms with Gasteiger partial charge in [0.1, 0.15) is 0 Å². The van der Waals surface area contributed by atoms with E-state index in [1.807, 2.05) is 0 Å². The Balaban J connectivity index is 1.37. The van der Waals surface area contributed by atoms with Crippen molar-refractivity contribution < 1.29 is 0 Å². The van der Waals surface area contributed by atoms with E-state index in [9.17, 15) is 0 Å². The van der Waals surface area contributed by atoms with Crippen LogP contribution >= 0.6 is 0 Å². The number of hydrogen-bond acceptors (Lipinski definition) is 0. The highest BCUT2D eigenvalue weighted by Crippen LogP contribution is 2.57. The Hall–Kier alpha value is -5.40. The van der Waals surface area contributed by atoms with Crippen molar-refractivity contribution in [1.82, 2.24) is 4.40 Å². The molecule has 0 saturated heterocycles. The second kappa shape index (κ2) is 9.36. The third-order valence-electron chi connectivity index (χ3n) is 11.2. The van der Waals surface area contributed by atoms with Crippen molar-refractivity contribution >= 4 is 48.9 Å². The quantitative estimate of drug-likeness (QED) is 0.182. The summed E-state index contributed by atoms with van der Waals surface area (Å²) in [4.78, 5) is 0. The van der Waals surface area contributed by atoms with Gasteiger partial charge in [-0.25, -0.2) is 0 Å². The highest BCUT2D eigenvalue weighted by Gasteiger charge is 2.46. The van der Waals surface area contributed by atoms with E-state index in [1.54, 1.807) is 0 Å². The van der Waals surface area contributed by atoms with Crippen LogP contribution in [0.5, 0.6) is 0 Å². The first kappa shape index (κ1) is 27.7. The molecule has 1 aliphatic carbocycles. The maximum atomic E-state index is 2.54. The van der Waals surface area contributed by atoms with Gasteiger partial charge in [-0.2, -0.15) is 0 Å². The van der Waals surface area contributed by atoms with E-state index in [0.29, 0.717) is 0 Å². The van der Waals surface area contributed by atoms with Gasteiger partial charge in [0.25, 0.3) is 0 Å². The molecule has 1 heteroatoms. The van der Waals surface area contributed by atoms with Crippen molar-refractivity contribution in [3.05, 3.63) is 172 Å². The van der Waals surface area contributed by atoms with E-state index < -0.39 is 5.41 Å². The van der Waals surface area contributed by atoms with Gasteiger partial charge in [0.2, 0.25) is 0 Å². The molecule has 230 valence electrons. The molecular weight excluding hydrogens is 579 g/mol. The van der Waals surface area contributed by atoms with E-state index in [-0.39, 0.29) is 5.41 Å². The van der Waals surface area contributed by atoms with Crippen LogP contribution < -0.4 is 0 Å². The Kier molecular flexibility index (Phi) is 5.40. The smallest absolute Gasteiger partial charge is 0.0713 e. The van der Waals surface area contributed by atoms with Gasteiger partial charge < -0.3 is 4.40 Å². The number of aryl methyl sites for hydroxylation is 2. The zero-order valence-electron chi connectivity index (χ0n) is 28.1. The molecule has 2 heterocycles. The predicted octanol–water partition coefficient (Wildman–Crippen LogP) is 12.3. The van der Waals surface area contributed by atoms with Crippen LogP contribution in [-0.4, -0.2) is 4.40 Å². The van der Waals surface area contributed by atoms with Gasteiger partial charge in [0, 0.05) is 21.5 Å². The number of nitrogens with zero attached hydrogens (tertiary/aromatic N) is 1. The van der Waals surface area contributed by atoms with Crippen molar-refractivity contribution in [2.24, 2.45) is 0 Å². The molecule has 0 unspecified atom stereocenters. The zero-order chi connectivity index (χ0) is 32.5. The highest BCUT2D eigenvalue weighted by atomic mass is 14.9. The molecule has 7 aromatic carbocycles. The minimum absolute atomic E-state index is 0.0459. The molecule has 0 saturated carbocycles. The molecule has 0 radical (unpaired) electrons. The number of rotatable bonds is 2. The lowest BCUT2D eigenvalue weighted by Crippen LogP contribution is -2.28. The maximum absolute atomic E-state index is 2.54. The fourth-order valence-electron chi connectivity index (χ4n) is 8.93. The normalized spacial score (nSPS) is 14.1. The second-order valence-corrected chi connectivity index (χ2v) is 15.2. The summed E-state index contributed by atoms with van der Waals surface area (Å²) in [7, 11) is 0. The number of aromatic nitrogens is 1. The van der Waals surface area contributed by atoms with Crippen molar-refractivity contribution in [3.8, 4) is 11.1 Å². The van der Waals surface area contributed by atoms with Crippen molar-refractivity contribution in [1.29, 1.82) is 0 Å². The van der Waals surface area contributed by atoms with E-state index in [0.717, 1.165) is 0 Å². The summed E-state index contributed by atoms with van der Waals surface area (Å²) in [5.41, 5.74) is 15.5. The molecule has 0 amide bonds. The molecule has 1 aliphatic rings. The molecule has 0 N–H and O–H groups in total. The highest BCUT2D eigenvalue weighted by molar-refractivity contribution is 6.25. The van der Waals surface area contributed by atoms with Crippen LogP contribution in [-0.2, 0) is 10.8 Å². The first-order valence-electron chi connectivity index (χ1n) is 17.2. The molecule has 0 bridgehead atoms. The number of benzene rings is 7. The van der Waals surface area contributed by atoms with Crippen LogP contribution in [0.25, 0.3) is 60.0 Å². The standard InChI is InChI=1S/C47H37N/c1-28-16-18-35-37-22-30-23-38-40-27-34(46(3,4)5)26-39-36-19-17-29(2)21-43(36)48(45(39)40)44(38)25-31(30)24-42(37)47(41(35)20-28,32-12-8-6-9-13-32)33-14-10-7-11-15-33/h6-27H,1-5H3. The monoisotopic (exact) mass is 615 g/mol. The summed E-state index contributed by atoms with van der Waals surface area (Å²) in [5, 5.41) is 7.93. The van der Waals surface area contributed by atoms with Crippen molar-refractivity contribution in [2.75, 3.05) is 0 Å². The average Bonchev–Trinajstić information content (AvgIpc) is 3.68. The molecule has 10 rings (SSSR count). The van der Waals surface area contributed by atoms with Gasteiger partial charge in [-0.05, 0) is 117 Å². The lowest BCUT2D eigenvalue weighted by atomic mass is 9.67. The lowest BCUT2D eigenvalue weighted by Gasteiger charge is -2.34. The number of hydrogen-bond donors (Lipinski definition) is 0. The predicted molar refractivity (Wildman–Crippen MR) is 204 cm³/mol. The maximum Gasteiger partial charge on any atom is 0.0713 e. The van der Waals surface area contributed by atoms with Gasteiger partial charge in [-0.1, -0.05) is 117 Å². The van der Waals surface area contributed by atoms with Gasteiger partial charge >= 0.3 is 0 Å². The molecule has 0 atom stereocenters. The second-order valence-electron chi connectivity index (χ2n) is 15.2. The van der Waals surface area contributed by atoms with E-state index in [4.69, 9.17) is 0 Å². The fraction of sp³-hybridized carbons (Fsp3) is 0.149. The lowest BCUT2D eigenvalue weighted by molar-refractivity contribution is 0.592. The molecule has 0 aliphatic heterocycles. The summed E-state index contributed by atoms with van der Waals surface area (Å²) in [6, 6.07) is 51.1. The topological polar surface area (TPSA) is 4.41 Å². The summed E-state index contributed by atoms with van der Waals surface area (Å²) in [6.45, 7) is 11.4. The molecule has 0 fully saturated rings. The first-order valence-corrected chi connectivity index (χ1v) is 17.2. The molecular formula is C47H37N. The van der Waals surface area contributed by atoms with Gasteiger partial charge in [-0.15, -0.1) is 0 Å². The molecule has 0 spiro atoms. The molecule has 2 aromatic heterocycles. The minimum Gasteiger partial charge on any atom is -0.308 e. The van der Waals surface area contributed by atoms with Gasteiger partial charge in [0.05, 0.1) is 22.0 Å². The van der Waals surface area contributed by atoms with Crippen molar-refractivity contribution in [2.45, 2.75) is 45.4 Å². The van der Waals surface area contributed by atoms with Gasteiger partial charge in [-0.3, -0.25) is 0 Å². The first-order chi connectivity index (χ1) is 23.2. The Morgan fingerprint density at radius 3 is 1.75 bits per heavy atom. The Labute approximate surface area is 281 Å². The van der Waals surface area contributed by atoms with Crippen LogP contribution in [0.3, 0.4) is 0 Å². The largest absolute Gasteiger partial charge is 0.308 e. The Morgan fingerprint density at radius 1 is 0.479 bits per heavy atom. The van der Waals surface area contributed by atoms with Crippen LogP contribution in [0.2, 0.25) is 0 Å². The van der Waals surface area contributed by atoms with Crippen LogP contribution in [0, 0.1) is 13.8 Å². The molecule has 1 nitrogen and oxygen atoms in total. The average molecular weight is 616 g/mol. The summed E-state index contributed by atoms with van der Waals surface area (Å²) >= 11 is 0. The summed E-state index contributed by atoms with van der Waals surface area (Å²) in [5.74, 6) is 0. The minimum atomic E-state index is -0.415. The fourth-order valence-corrected chi connectivity index (χ4v) is 8.93. The SMILES string of the molecule is Cc1ccc2c(c1)C(c1ccccc1)(c1ccccc1)c1cc3cc4c(cc3cc1-2)c1cc(C(C)(C)C)cc2c3ccc(C)cc3n4c21. The summed E-state index contributed by atoms with van der Waals surface area (Å²) in [6.07, 6.45) is 0. The molecule has 48 heavy (non-hydrogen) atoms. The zero-order valence-corrected chi connectivity index (χ0v) is 28.1. The van der Waals surface area contributed by atoms with E-state index >= 15 is 0 Å². The van der Waals surface area contributed by atoms with Gasteiger partial charge in [0.15, 0.2) is 0 Å². The Morgan fingerprint density at radius 2 is 1.06 bits per heavy atom. The Bertz CT molecular complexity index is 2720. The van der Waals surface area contributed by atoms with E-state index in [1.165, 1.54) is 98.9 Å². The summed E-state index contributed by atoms with van der Waals surface area (Å²) < 4.78 is 2.54. The van der Waals surface area contributed by atoms with Crippen LogP contribution in [0.15, 0.2) is 133 Å². The van der Waals surface area contributed by atoms with Crippen LogP contribution in [0.4, 0.5) is 0 Å². The third-order valence-corrected chi connectivity index (χ3v) is 11.2. The van der Waals surface area contributed by atoms with E-state index in [2.05, 4.69) is 172 Å². The third kappa shape index (κ3) is 3.51. The van der Waals surface area contributed by atoms with Crippen LogP contribution in [0.1, 0.15) is 59.7 Å². The molecule has 9 aromatic rings. The number of fused-ring (bicyclic) bond motifs is 10. The van der Waals surface area contributed by atoms with Crippen molar-refractivity contribution in [3.63, 3.8) is 0 Å².